The highest BCUT2D eigenvalue weighted by Gasteiger charge is 2.37. The summed E-state index contributed by atoms with van der Waals surface area (Å²) in [4.78, 5) is 36.1. The monoisotopic (exact) mass is 476 g/mol. The molecule has 2 aromatic rings. The van der Waals surface area contributed by atoms with Crippen molar-refractivity contribution < 1.29 is 24.2 Å². The Morgan fingerprint density at radius 1 is 0.886 bits per heavy atom. The molecule has 3 aliphatic carbocycles. The van der Waals surface area contributed by atoms with Crippen LogP contribution in [0, 0.1) is 17.8 Å². The number of hydrogen-bond donors (Lipinski definition) is 3. The van der Waals surface area contributed by atoms with Crippen LogP contribution in [-0.4, -0.2) is 42.3 Å². The molecule has 0 radical (unpaired) electrons. The molecule has 35 heavy (non-hydrogen) atoms. The molecule has 2 atom stereocenters. The van der Waals surface area contributed by atoms with Crippen LogP contribution in [0.2, 0.25) is 0 Å². The quantitative estimate of drug-likeness (QED) is 0.552. The SMILES string of the molecule is O=C(NCC1CCCC(C(=O)NC2CC(C(=O)O)C2)C1)OCC1c2ccccc2-c2ccccc21. The molecule has 2 fully saturated rings. The number of ether oxygens (including phenoxy) is 1. The van der Waals surface area contributed by atoms with Gasteiger partial charge >= 0.3 is 12.1 Å². The van der Waals surface area contributed by atoms with Crippen molar-refractivity contribution in [3.05, 3.63) is 59.7 Å². The van der Waals surface area contributed by atoms with Gasteiger partial charge in [-0.3, -0.25) is 9.59 Å². The molecule has 2 saturated carbocycles. The molecule has 0 heterocycles. The Hall–Kier alpha value is -3.35. The first kappa shape index (κ1) is 23.4. The number of carbonyl (C=O) groups is 3. The number of carbonyl (C=O) groups excluding carboxylic acids is 2. The van der Waals surface area contributed by atoms with Crippen molar-refractivity contribution in [1.29, 1.82) is 0 Å². The first-order chi connectivity index (χ1) is 17.0. The van der Waals surface area contributed by atoms with E-state index in [1.807, 2.05) is 24.3 Å². The van der Waals surface area contributed by atoms with Gasteiger partial charge in [0.25, 0.3) is 0 Å². The molecule has 3 aliphatic rings. The van der Waals surface area contributed by atoms with Crippen LogP contribution in [0.3, 0.4) is 0 Å². The van der Waals surface area contributed by atoms with E-state index in [9.17, 15) is 14.4 Å². The molecule has 5 rings (SSSR count). The lowest BCUT2D eigenvalue weighted by Crippen LogP contribution is -2.49. The van der Waals surface area contributed by atoms with E-state index in [2.05, 4.69) is 34.9 Å². The lowest BCUT2D eigenvalue weighted by atomic mass is 9.78. The third-order valence-corrected chi connectivity index (χ3v) is 7.87. The van der Waals surface area contributed by atoms with Gasteiger partial charge in [-0.05, 0) is 60.3 Å². The summed E-state index contributed by atoms with van der Waals surface area (Å²) in [6.45, 7) is 0.777. The summed E-state index contributed by atoms with van der Waals surface area (Å²) >= 11 is 0. The van der Waals surface area contributed by atoms with Gasteiger partial charge in [-0.1, -0.05) is 55.0 Å². The van der Waals surface area contributed by atoms with E-state index < -0.39 is 12.1 Å². The zero-order valence-electron chi connectivity index (χ0n) is 19.7. The van der Waals surface area contributed by atoms with Gasteiger partial charge in [-0.25, -0.2) is 4.79 Å². The van der Waals surface area contributed by atoms with Gasteiger partial charge < -0.3 is 20.5 Å². The first-order valence-corrected chi connectivity index (χ1v) is 12.6. The second-order valence-electron chi connectivity index (χ2n) is 10.1. The fraction of sp³-hybridized carbons (Fsp3) is 0.464. The van der Waals surface area contributed by atoms with E-state index >= 15 is 0 Å². The summed E-state index contributed by atoms with van der Waals surface area (Å²) < 4.78 is 5.63. The van der Waals surface area contributed by atoms with E-state index in [0.29, 0.717) is 19.4 Å². The van der Waals surface area contributed by atoms with E-state index in [1.165, 1.54) is 22.3 Å². The Labute approximate surface area is 205 Å². The van der Waals surface area contributed by atoms with Gasteiger partial charge in [0, 0.05) is 24.4 Å². The number of alkyl carbamates (subject to hydrolysis) is 1. The third kappa shape index (κ3) is 5.04. The number of amides is 2. The Morgan fingerprint density at radius 3 is 2.20 bits per heavy atom. The van der Waals surface area contributed by atoms with E-state index in [-0.39, 0.29) is 42.2 Å². The summed E-state index contributed by atoms with van der Waals surface area (Å²) in [5, 5.41) is 14.9. The average Bonchev–Trinajstić information content (AvgIpc) is 3.17. The maximum Gasteiger partial charge on any atom is 0.407 e. The molecule has 2 unspecified atom stereocenters. The number of nitrogens with one attached hydrogen (secondary N) is 2. The van der Waals surface area contributed by atoms with Crippen LogP contribution in [0.5, 0.6) is 0 Å². The minimum atomic E-state index is -0.785. The lowest BCUT2D eigenvalue weighted by Gasteiger charge is -2.35. The topological polar surface area (TPSA) is 105 Å². The molecule has 0 aliphatic heterocycles. The molecule has 0 saturated heterocycles. The standard InChI is InChI=1S/C28H32N2O5/c31-26(30-20-13-19(14-20)27(32)33)18-7-5-6-17(12-18)15-29-28(34)35-16-25-23-10-3-1-8-21(23)22-9-2-4-11-24(22)25/h1-4,8-11,17-20,25H,5-7,12-16H2,(H,29,34)(H,30,31)(H,32,33). The van der Waals surface area contributed by atoms with Gasteiger partial charge in [0.15, 0.2) is 0 Å². The first-order valence-electron chi connectivity index (χ1n) is 12.6. The summed E-state index contributed by atoms with van der Waals surface area (Å²) in [6.07, 6.45) is 4.08. The Balaban J connectivity index is 1.08. The van der Waals surface area contributed by atoms with Crippen molar-refractivity contribution in [2.45, 2.75) is 50.5 Å². The van der Waals surface area contributed by atoms with Crippen molar-refractivity contribution in [1.82, 2.24) is 10.6 Å². The summed E-state index contributed by atoms with van der Waals surface area (Å²) in [6, 6.07) is 16.5. The fourth-order valence-electron chi connectivity index (χ4n) is 5.85. The van der Waals surface area contributed by atoms with Gasteiger partial charge in [0.05, 0.1) is 5.92 Å². The normalized spacial score (nSPS) is 25.0. The third-order valence-electron chi connectivity index (χ3n) is 7.87. The van der Waals surface area contributed by atoms with Crippen molar-refractivity contribution >= 4 is 18.0 Å². The van der Waals surface area contributed by atoms with Crippen LogP contribution in [0.25, 0.3) is 11.1 Å². The van der Waals surface area contributed by atoms with Crippen LogP contribution < -0.4 is 10.6 Å². The molecule has 0 spiro atoms. The maximum absolute atomic E-state index is 12.6. The highest BCUT2D eigenvalue weighted by Crippen LogP contribution is 2.44. The second-order valence-corrected chi connectivity index (χ2v) is 10.1. The molecule has 3 N–H and O–H groups in total. The molecule has 7 nitrogen and oxygen atoms in total. The predicted molar refractivity (Wildman–Crippen MR) is 131 cm³/mol. The number of aliphatic carboxylic acids is 1. The smallest absolute Gasteiger partial charge is 0.407 e. The Bertz CT molecular complexity index is 1060. The summed E-state index contributed by atoms with van der Waals surface area (Å²) in [5.41, 5.74) is 4.76. The van der Waals surface area contributed by atoms with Crippen molar-refractivity contribution in [3.8, 4) is 11.1 Å². The lowest BCUT2D eigenvalue weighted by molar-refractivity contribution is -0.146. The van der Waals surface area contributed by atoms with Crippen LogP contribution in [0.15, 0.2) is 48.5 Å². The molecule has 0 bridgehead atoms. The zero-order chi connectivity index (χ0) is 24.4. The molecule has 7 heteroatoms. The largest absolute Gasteiger partial charge is 0.481 e. The minimum absolute atomic E-state index is 0.0182. The Morgan fingerprint density at radius 2 is 1.54 bits per heavy atom. The van der Waals surface area contributed by atoms with Gasteiger partial charge in [0.2, 0.25) is 5.91 Å². The predicted octanol–water partition coefficient (Wildman–Crippen LogP) is 4.31. The second kappa shape index (κ2) is 10.1. The molecular weight excluding hydrogens is 444 g/mol. The summed E-state index contributed by atoms with van der Waals surface area (Å²) in [7, 11) is 0. The molecule has 184 valence electrons. The fourth-order valence-corrected chi connectivity index (χ4v) is 5.85. The number of carboxylic acids is 1. The van der Waals surface area contributed by atoms with E-state index in [0.717, 1.165) is 25.7 Å². The molecule has 2 aromatic carbocycles. The number of fused-ring (bicyclic) bond motifs is 3. The van der Waals surface area contributed by atoms with E-state index in [1.54, 1.807) is 0 Å². The maximum atomic E-state index is 12.6. The highest BCUT2D eigenvalue weighted by molar-refractivity contribution is 5.80. The minimum Gasteiger partial charge on any atom is -0.481 e. The van der Waals surface area contributed by atoms with Gasteiger partial charge in [-0.15, -0.1) is 0 Å². The summed E-state index contributed by atoms with van der Waals surface area (Å²) in [5.74, 6) is -0.920. The molecule has 2 amide bonds. The van der Waals surface area contributed by atoms with E-state index in [4.69, 9.17) is 9.84 Å². The van der Waals surface area contributed by atoms with Crippen molar-refractivity contribution in [3.63, 3.8) is 0 Å². The number of benzene rings is 2. The van der Waals surface area contributed by atoms with Crippen LogP contribution in [0.4, 0.5) is 4.79 Å². The van der Waals surface area contributed by atoms with Crippen molar-refractivity contribution in [2.75, 3.05) is 13.2 Å². The number of rotatable bonds is 7. The Kier molecular flexibility index (Phi) is 6.75. The van der Waals surface area contributed by atoms with Crippen molar-refractivity contribution in [2.24, 2.45) is 17.8 Å². The van der Waals surface area contributed by atoms with Crippen LogP contribution in [-0.2, 0) is 14.3 Å². The number of carboxylic acid groups (broad SMARTS) is 1. The van der Waals surface area contributed by atoms with Gasteiger partial charge in [0.1, 0.15) is 6.61 Å². The number of hydrogen-bond acceptors (Lipinski definition) is 4. The molecular formula is C28H32N2O5. The highest BCUT2D eigenvalue weighted by atomic mass is 16.5. The van der Waals surface area contributed by atoms with Crippen LogP contribution in [0.1, 0.15) is 55.6 Å². The zero-order valence-corrected chi connectivity index (χ0v) is 19.7. The molecule has 0 aromatic heterocycles. The average molecular weight is 477 g/mol. The van der Waals surface area contributed by atoms with Crippen LogP contribution >= 0.6 is 0 Å². The van der Waals surface area contributed by atoms with Gasteiger partial charge in [-0.2, -0.15) is 0 Å².